The molecule has 0 aliphatic heterocycles. The molecule has 0 fully saturated rings. The van der Waals surface area contributed by atoms with Gasteiger partial charge in [-0.2, -0.15) is 0 Å². The molecule has 0 saturated heterocycles. The van der Waals surface area contributed by atoms with Crippen LogP contribution in [-0.2, 0) is 0 Å². The topological polar surface area (TPSA) is 46.5 Å². The third-order valence-electron chi connectivity index (χ3n) is 1.94. The van der Waals surface area contributed by atoms with Crippen LogP contribution in [0.15, 0.2) is 16.6 Å². The Morgan fingerprint density at radius 2 is 2.25 bits per heavy atom. The van der Waals surface area contributed by atoms with Crippen LogP contribution < -0.4 is 4.74 Å². The van der Waals surface area contributed by atoms with Crippen LogP contribution in [0.1, 0.15) is 23.7 Å². The molecule has 88 valence electrons. The number of carbonyl (C=O) groups is 1. The summed E-state index contributed by atoms with van der Waals surface area (Å²) >= 11 is 3.11. The largest absolute Gasteiger partial charge is 0.490 e. The van der Waals surface area contributed by atoms with E-state index in [1.165, 1.54) is 19.1 Å². The number of carbonyl (C=O) groups excluding carboxylic acids is 1. The highest BCUT2D eigenvalue weighted by Gasteiger charge is 2.15. The van der Waals surface area contributed by atoms with Crippen molar-refractivity contribution in [2.75, 3.05) is 13.2 Å². The van der Waals surface area contributed by atoms with E-state index in [0.717, 1.165) is 0 Å². The van der Waals surface area contributed by atoms with Gasteiger partial charge in [0.2, 0.25) is 0 Å². The van der Waals surface area contributed by atoms with Crippen molar-refractivity contribution in [3.8, 4) is 5.75 Å². The monoisotopic (exact) mass is 290 g/mol. The third-order valence-corrected chi connectivity index (χ3v) is 2.39. The van der Waals surface area contributed by atoms with E-state index in [1.54, 1.807) is 0 Å². The van der Waals surface area contributed by atoms with Gasteiger partial charge >= 0.3 is 0 Å². The van der Waals surface area contributed by atoms with Crippen molar-refractivity contribution < 1.29 is 19.0 Å². The van der Waals surface area contributed by atoms with Crippen LogP contribution in [0, 0.1) is 5.82 Å². The molecule has 0 unspecified atom stereocenters. The SMILES string of the molecule is CC(=O)c1cc(Br)cc(F)c1OCCCO. The van der Waals surface area contributed by atoms with Gasteiger partial charge in [-0.3, -0.25) is 4.79 Å². The Morgan fingerprint density at radius 1 is 1.56 bits per heavy atom. The summed E-state index contributed by atoms with van der Waals surface area (Å²) in [7, 11) is 0. The number of aliphatic hydroxyl groups is 1. The first-order valence-corrected chi connectivity index (χ1v) is 5.59. The quantitative estimate of drug-likeness (QED) is 0.670. The Hall–Kier alpha value is -0.940. The van der Waals surface area contributed by atoms with E-state index in [9.17, 15) is 9.18 Å². The van der Waals surface area contributed by atoms with Gasteiger partial charge in [-0.15, -0.1) is 0 Å². The molecule has 0 aliphatic carbocycles. The fraction of sp³-hybridized carbons (Fsp3) is 0.364. The minimum absolute atomic E-state index is 0.0342. The summed E-state index contributed by atoms with van der Waals surface area (Å²) in [6.45, 7) is 1.49. The lowest BCUT2D eigenvalue weighted by Crippen LogP contribution is -2.06. The molecular weight excluding hydrogens is 279 g/mol. The Balaban J connectivity index is 2.99. The van der Waals surface area contributed by atoms with Crippen LogP contribution in [0.4, 0.5) is 4.39 Å². The first kappa shape index (κ1) is 13.1. The maximum absolute atomic E-state index is 13.5. The zero-order valence-electron chi connectivity index (χ0n) is 8.80. The number of ketones is 1. The molecule has 16 heavy (non-hydrogen) atoms. The smallest absolute Gasteiger partial charge is 0.166 e. The van der Waals surface area contributed by atoms with Crippen molar-refractivity contribution in [2.24, 2.45) is 0 Å². The first-order chi connectivity index (χ1) is 7.56. The van der Waals surface area contributed by atoms with Gasteiger partial charge in [0.05, 0.1) is 12.2 Å². The molecule has 0 amide bonds. The fourth-order valence-electron chi connectivity index (χ4n) is 1.21. The van der Waals surface area contributed by atoms with E-state index in [1.807, 2.05) is 0 Å². The van der Waals surface area contributed by atoms with Crippen molar-refractivity contribution >= 4 is 21.7 Å². The minimum Gasteiger partial charge on any atom is -0.490 e. The Morgan fingerprint density at radius 3 is 2.81 bits per heavy atom. The van der Waals surface area contributed by atoms with Crippen molar-refractivity contribution in [1.82, 2.24) is 0 Å². The number of hydrogen-bond acceptors (Lipinski definition) is 3. The average Bonchev–Trinajstić information content (AvgIpc) is 2.20. The Kier molecular flexibility index (Phi) is 4.89. The molecule has 0 aliphatic rings. The lowest BCUT2D eigenvalue weighted by Gasteiger charge is -2.10. The van der Waals surface area contributed by atoms with Gasteiger partial charge in [-0.1, -0.05) is 15.9 Å². The van der Waals surface area contributed by atoms with Gasteiger partial charge in [0.25, 0.3) is 0 Å². The second-order valence-corrected chi connectivity index (χ2v) is 4.16. The molecule has 0 heterocycles. The van der Waals surface area contributed by atoms with Crippen LogP contribution in [-0.4, -0.2) is 24.1 Å². The van der Waals surface area contributed by atoms with Crippen LogP contribution in [0.25, 0.3) is 0 Å². The summed E-state index contributed by atoms with van der Waals surface area (Å²) in [5.74, 6) is -0.902. The summed E-state index contributed by atoms with van der Waals surface area (Å²) in [5.41, 5.74) is 0.199. The second kappa shape index (κ2) is 5.96. The molecule has 3 nitrogen and oxygen atoms in total. The molecule has 0 aromatic heterocycles. The number of halogens is 2. The molecule has 0 saturated carbocycles. The summed E-state index contributed by atoms with van der Waals surface area (Å²) in [6.07, 6.45) is 0.396. The zero-order chi connectivity index (χ0) is 12.1. The summed E-state index contributed by atoms with van der Waals surface area (Å²) in [4.78, 5) is 11.3. The maximum Gasteiger partial charge on any atom is 0.166 e. The average molecular weight is 291 g/mol. The van der Waals surface area contributed by atoms with E-state index in [2.05, 4.69) is 15.9 Å². The van der Waals surface area contributed by atoms with Crippen LogP contribution in [0.3, 0.4) is 0 Å². The number of benzene rings is 1. The third kappa shape index (κ3) is 3.28. The summed E-state index contributed by atoms with van der Waals surface area (Å²) < 4.78 is 19.2. The van der Waals surface area contributed by atoms with Crippen LogP contribution in [0.5, 0.6) is 5.75 Å². The van der Waals surface area contributed by atoms with Gasteiger partial charge in [-0.25, -0.2) is 4.39 Å². The number of rotatable bonds is 5. The predicted molar refractivity (Wildman–Crippen MR) is 61.3 cm³/mol. The summed E-state index contributed by atoms with van der Waals surface area (Å²) in [6, 6.07) is 2.75. The van der Waals surface area contributed by atoms with Crippen molar-refractivity contribution in [3.05, 3.63) is 28.0 Å². The molecule has 0 radical (unpaired) electrons. The Bertz CT molecular complexity index is 393. The van der Waals surface area contributed by atoms with Crippen molar-refractivity contribution in [3.63, 3.8) is 0 Å². The van der Waals surface area contributed by atoms with E-state index < -0.39 is 5.82 Å². The van der Waals surface area contributed by atoms with E-state index in [-0.39, 0.29) is 30.3 Å². The first-order valence-electron chi connectivity index (χ1n) is 4.80. The molecule has 0 atom stereocenters. The maximum atomic E-state index is 13.5. The van der Waals surface area contributed by atoms with Gasteiger partial charge < -0.3 is 9.84 Å². The minimum atomic E-state index is -0.586. The highest BCUT2D eigenvalue weighted by molar-refractivity contribution is 9.10. The fourth-order valence-corrected chi connectivity index (χ4v) is 1.64. The number of hydrogen-bond donors (Lipinski definition) is 1. The normalized spacial score (nSPS) is 10.2. The molecule has 1 aromatic rings. The van der Waals surface area contributed by atoms with Gasteiger partial charge in [0.1, 0.15) is 0 Å². The van der Waals surface area contributed by atoms with Crippen LogP contribution >= 0.6 is 15.9 Å². The van der Waals surface area contributed by atoms with E-state index in [0.29, 0.717) is 10.9 Å². The summed E-state index contributed by atoms with van der Waals surface area (Å²) in [5, 5.41) is 8.59. The van der Waals surface area contributed by atoms with Gasteiger partial charge in [0, 0.05) is 17.5 Å². The highest BCUT2D eigenvalue weighted by Crippen LogP contribution is 2.27. The predicted octanol–water partition coefficient (Wildman–Crippen LogP) is 2.55. The Labute approximate surface area is 101 Å². The molecule has 1 aromatic carbocycles. The zero-order valence-corrected chi connectivity index (χ0v) is 10.4. The number of ether oxygens (including phenoxy) is 1. The van der Waals surface area contributed by atoms with Gasteiger partial charge in [0.15, 0.2) is 17.3 Å². The lowest BCUT2D eigenvalue weighted by molar-refractivity contribution is 0.101. The standard InChI is InChI=1S/C11H12BrFO3/c1-7(15)9-5-8(12)6-10(13)11(9)16-4-2-3-14/h5-6,14H,2-4H2,1H3. The molecular formula is C11H12BrFO3. The second-order valence-electron chi connectivity index (χ2n) is 3.25. The van der Waals surface area contributed by atoms with Crippen LogP contribution in [0.2, 0.25) is 0 Å². The lowest BCUT2D eigenvalue weighted by atomic mass is 10.1. The molecule has 0 bridgehead atoms. The van der Waals surface area contributed by atoms with Crippen molar-refractivity contribution in [2.45, 2.75) is 13.3 Å². The highest BCUT2D eigenvalue weighted by atomic mass is 79.9. The number of Topliss-reactive ketones (excluding diaryl/α,β-unsaturated/α-hetero) is 1. The molecule has 1 N–H and O–H groups in total. The number of aliphatic hydroxyl groups excluding tert-OH is 1. The van der Waals surface area contributed by atoms with E-state index >= 15 is 0 Å². The molecule has 5 heteroatoms. The van der Waals surface area contributed by atoms with E-state index in [4.69, 9.17) is 9.84 Å². The molecule has 0 spiro atoms. The van der Waals surface area contributed by atoms with Crippen molar-refractivity contribution in [1.29, 1.82) is 0 Å². The van der Waals surface area contributed by atoms with Gasteiger partial charge in [-0.05, 0) is 19.1 Å². The molecule has 1 rings (SSSR count).